The molecule has 0 fully saturated rings. The molecule has 6 N–H and O–H groups in total. The number of benzene rings is 4. The molecule has 88 heavy (non-hydrogen) atoms. The van der Waals surface area contributed by atoms with Gasteiger partial charge in [-0.25, -0.2) is 4.79 Å². The minimum Gasteiger partial charge on any atom is -0.778 e. The van der Waals surface area contributed by atoms with Gasteiger partial charge in [0.25, 0.3) is 11.6 Å². The molecule has 0 saturated heterocycles. The fraction of sp³-hybridized carbons (Fsp3) is 0.436. The van der Waals surface area contributed by atoms with Gasteiger partial charge in [-0.05, 0) is 125 Å². The molecule has 1 aliphatic rings. The molecule has 0 spiro atoms. The maximum Gasteiger partial charge on any atom is 0.416 e. The molecule has 0 saturated carbocycles. The number of carboxylic acids is 2. The van der Waals surface area contributed by atoms with E-state index in [9.17, 15) is 51.9 Å². The van der Waals surface area contributed by atoms with Crippen LogP contribution in [0.5, 0.6) is 17.2 Å². The Kier molecular flexibility index (Phi) is 35.1. The summed E-state index contributed by atoms with van der Waals surface area (Å²) in [6, 6.07) is 18.6. The average molecular weight is 1380 g/mol. The molecule has 4 aromatic carbocycles. The number of alkyl halides is 6. The largest absolute Gasteiger partial charge is 0.778 e. The van der Waals surface area contributed by atoms with Crippen molar-refractivity contribution in [2.45, 2.75) is 90.4 Å². The van der Waals surface area contributed by atoms with E-state index in [0.29, 0.717) is 47.8 Å². The van der Waals surface area contributed by atoms with Crippen LogP contribution in [0.1, 0.15) is 75.5 Å². The molecule has 0 aliphatic carbocycles. The number of halogens is 8. The van der Waals surface area contributed by atoms with Crippen molar-refractivity contribution in [1.82, 2.24) is 20.3 Å². The Morgan fingerprint density at radius 3 is 2.08 bits per heavy atom. The summed E-state index contributed by atoms with van der Waals surface area (Å²) in [5, 5.41) is 35.7. The second-order valence-electron chi connectivity index (χ2n) is 19.8. The van der Waals surface area contributed by atoms with Gasteiger partial charge in [0.05, 0.1) is 77.2 Å². The summed E-state index contributed by atoms with van der Waals surface area (Å²) in [6.07, 6.45) is 2.17. The van der Waals surface area contributed by atoms with Crippen LogP contribution in [0.4, 0.5) is 42.1 Å². The van der Waals surface area contributed by atoms with Gasteiger partial charge in [0, 0.05) is 31.3 Å². The normalized spacial score (nSPS) is 13.4. The highest BCUT2D eigenvalue weighted by Crippen LogP contribution is 2.38. The molecule has 5 aromatic rings. The molecule has 0 radical (unpaired) electrons. The third-order valence-electron chi connectivity index (χ3n) is 10.5. The number of carboxylic acid groups (broad SMARTS) is 2. The van der Waals surface area contributed by atoms with E-state index < -0.39 is 65.1 Å². The molecule has 1 aliphatic heterocycles. The van der Waals surface area contributed by atoms with E-state index in [1.807, 2.05) is 90.2 Å². The van der Waals surface area contributed by atoms with Crippen LogP contribution in [0.25, 0.3) is 0 Å². The number of aryl methyl sites for hydroxylation is 2. The standard InChI is InChI=1S/C15H22ClNO2.C14H7ClF3NO5.C11H11Cl2NO2.C9H16ClN5.C3H8NO5P.C3H9S/c1-5-13-8-6-7-11(2)15(13)17(14(18)9-16)12(3)10-19-4;15-10-5-7(14(16,17)18)1-4-12(10)24-8-2-3-11(19(22)23)9(6-8)13(20)21;1-7-6-16-9-5-3-2-4-8(9)14(7)11(15)10(12)13;1-5-11-7-12-6(10)13-8(14-7)15-9(2,3)4;5-3(6)1-4-2-10(7,8)9;1-4(2)3/h6-8,12H,5,9-10H2,1-4H3;1-6H,(H,20,21);2-5,7,10H,6H2,1H3;5H2,1-4H3,(H2,11,12,13,14,15);4H,1-2H2,(H,5,6)(H2,7,8,9);1-3H3/q;;;;;+1/p-1. The first-order chi connectivity index (χ1) is 40.8. The highest BCUT2D eigenvalue weighted by atomic mass is 35.5. The Morgan fingerprint density at radius 2 is 1.58 bits per heavy atom. The van der Waals surface area contributed by atoms with E-state index in [2.05, 4.69) is 57.3 Å². The number of hydrogen-bond acceptors (Lipinski definition) is 17. The number of nitrogens with zero attached hydrogens (tertiary/aromatic N) is 6. The van der Waals surface area contributed by atoms with Crippen LogP contribution in [0.2, 0.25) is 10.3 Å². The Bertz CT molecular complexity index is 3130. The smallest absolute Gasteiger partial charge is 0.416 e. The van der Waals surface area contributed by atoms with Crippen molar-refractivity contribution in [3.63, 3.8) is 0 Å². The summed E-state index contributed by atoms with van der Waals surface area (Å²) in [5.41, 5.74) is 1.58. The number of aromatic carboxylic acids is 1. The Labute approximate surface area is 536 Å². The number of anilines is 4. The fourth-order valence-corrected chi connectivity index (χ4v) is 8.25. The number of fused-ring (bicyclic) bond motifs is 1. The van der Waals surface area contributed by atoms with Gasteiger partial charge in [-0.2, -0.15) is 28.1 Å². The van der Waals surface area contributed by atoms with Gasteiger partial charge in [0.1, 0.15) is 42.9 Å². The number of amides is 2. The summed E-state index contributed by atoms with van der Waals surface area (Å²) in [6.45, 7) is 17.2. The Balaban J connectivity index is 0.000000554. The van der Waals surface area contributed by atoms with Crippen molar-refractivity contribution in [2.75, 3.05) is 84.8 Å². The fourth-order valence-electron chi connectivity index (χ4n) is 7.14. The number of carbonyl (C=O) groups excluding carboxylic acids is 2. The number of nitro benzene ring substituents is 1. The van der Waals surface area contributed by atoms with Crippen LogP contribution in [0.3, 0.4) is 0 Å². The third-order valence-corrected chi connectivity index (χ3v) is 12.2. The van der Waals surface area contributed by atoms with Gasteiger partial charge in [0.2, 0.25) is 23.1 Å². The van der Waals surface area contributed by atoms with E-state index in [-0.39, 0.29) is 57.1 Å². The van der Waals surface area contributed by atoms with E-state index in [4.69, 9.17) is 87.3 Å². The van der Waals surface area contributed by atoms with Crippen molar-refractivity contribution >= 4 is 129 Å². The number of carbonyl (C=O) groups is 4. The quantitative estimate of drug-likeness (QED) is 0.0156. The van der Waals surface area contributed by atoms with E-state index in [1.165, 1.54) is 0 Å². The third kappa shape index (κ3) is 29.6. The molecular formula is C55H72Cl5F3N9O14PS. The number of ether oxygens (including phenoxy) is 3. The lowest BCUT2D eigenvalue weighted by atomic mass is 10.0. The predicted molar refractivity (Wildman–Crippen MR) is 339 cm³/mol. The molecule has 0 bridgehead atoms. The SMILES string of the molecule is CC1COc2ccccc2N1C(=O)C(Cl)Cl.CCNc1nc(Cl)nc(NC(C)(C)C)n1.CCc1cccc(C)c1N(C(=O)CCl)C(C)COC.C[S+](C)C.O=C(O)CNCP(=O)([O-])O.O=C(O)c1cc(Oc2ccc(C(F)(F)F)cc2Cl)ccc1[N+](=O)[O-]. The zero-order valence-electron chi connectivity index (χ0n) is 50.1. The summed E-state index contributed by atoms with van der Waals surface area (Å²) in [5.74, 6) is -1.77. The molecule has 488 valence electrons. The number of aliphatic carboxylic acids is 1. The van der Waals surface area contributed by atoms with E-state index >= 15 is 0 Å². The monoisotopic (exact) mass is 1380 g/mol. The second kappa shape index (κ2) is 38.5. The zero-order valence-corrected chi connectivity index (χ0v) is 55.6. The molecule has 23 nitrogen and oxygen atoms in total. The molecule has 2 amide bonds. The average Bonchev–Trinajstić information content (AvgIpc) is 1.94. The van der Waals surface area contributed by atoms with Gasteiger partial charge < -0.3 is 59.2 Å². The first-order valence-corrected chi connectivity index (χ1v) is 32.4. The minimum atomic E-state index is -4.58. The molecule has 33 heteroatoms. The lowest BCUT2D eigenvalue weighted by molar-refractivity contribution is -0.385. The Hall–Kier alpha value is -5.97. The number of nitrogens with one attached hydrogen (secondary N) is 3. The minimum absolute atomic E-state index is 0.0223. The van der Waals surface area contributed by atoms with Crippen molar-refractivity contribution in [1.29, 1.82) is 0 Å². The summed E-state index contributed by atoms with van der Waals surface area (Å²) < 4.78 is 63.5. The highest BCUT2D eigenvalue weighted by Gasteiger charge is 2.33. The number of methoxy groups -OCH3 is 1. The maximum atomic E-state index is 12.6. The van der Waals surface area contributed by atoms with Crippen molar-refractivity contribution in [2.24, 2.45) is 0 Å². The highest BCUT2D eigenvalue weighted by molar-refractivity contribution is 7.94. The van der Waals surface area contributed by atoms with E-state index in [1.54, 1.807) is 16.9 Å². The van der Waals surface area contributed by atoms with E-state index in [0.717, 1.165) is 65.8 Å². The van der Waals surface area contributed by atoms with Crippen molar-refractivity contribution in [3.8, 4) is 17.2 Å². The maximum absolute atomic E-state index is 12.6. The van der Waals surface area contributed by atoms with Gasteiger partial charge in [-0.15, -0.1) is 11.6 Å². The van der Waals surface area contributed by atoms with Gasteiger partial charge >= 0.3 is 18.1 Å². The van der Waals surface area contributed by atoms with Crippen LogP contribution in [0, 0.1) is 17.0 Å². The van der Waals surface area contributed by atoms with Gasteiger partial charge in [0.15, 0.2) is 4.84 Å². The predicted octanol–water partition coefficient (Wildman–Crippen LogP) is 11.4. The first-order valence-electron chi connectivity index (χ1n) is 26.1. The molecule has 6 rings (SSSR count). The van der Waals surface area contributed by atoms with Crippen molar-refractivity contribution < 1.29 is 76.0 Å². The molecule has 2 heterocycles. The van der Waals surface area contributed by atoms with Gasteiger partial charge in [-0.3, -0.25) is 29.8 Å². The second-order valence-corrected chi connectivity index (χ2v) is 25.9. The Morgan fingerprint density at radius 1 is 0.966 bits per heavy atom. The van der Waals surface area contributed by atoms with Crippen LogP contribution < -0.4 is 40.1 Å². The number of para-hydroxylation sites is 3. The molecule has 3 unspecified atom stereocenters. The van der Waals surface area contributed by atoms with Crippen LogP contribution in [-0.2, 0) is 47.2 Å². The number of nitro groups is 1. The zero-order chi connectivity index (χ0) is 67.4. The number of rotatable bonds is 18. The number of hydrogen-bond donors (Lipinski definition) is 6. The van der Waals surface area contributed by atoms with Crippen LogP contribution in [-0.4, -0.2) is 146 Å². The number of aromatic nitrogens is 3. The summed E-state index contributed by atoms with van der Waals surface area (Å²) in [7, 11) is -2.07. The lowest BCUT2D eigenvalue weighted by Gasteiger charge is -2.35. The van der Waals surface area contributed by atoms with Gasteiger partial charge in [-0.1, -0.05) is 72.1 Å². The van der Waals surface area contributed by atoms with Crippen LogP contribution in [0.15, 0.2) is 78.9 Å². The molecule has 1 aromatic heterocycles. The molecular weight excluding hydrogens is 1310 g/mol. The lowest BCUT2D eigenvalue weighted by Crippen LogP contribution is -2.47. The molecule has 3 atom stereocenters. The first kappa shape index (κ1) is 80.0. The summed E-state index contributed by atoms with van der Waals surface area (Å²) >= 11 is 28.5. The van der Waals surface area contributed by atoms with Crippen molar-refractivity contribution in [3.05, 3.63) is 122 Å². The topological polar surface area (TPSA) is 321 Å². The summed E-state index contributed by atoms with van der Waals surface area (Å²) in [4.78, 5) is 87.2. The van der Waals surface area contributed by atoms with Crippen LogP contribution >= 0.6 is 65.6 Å².